The molecule has 202 valence electrons. The van der Waals surface area contributed by atoms with Crippen LogP contribution in [0.1, 0.15) is 48.0 Å². The molecule has 5 aliphatic rings. The number of ketones is 1. The summed E-state index contributed by atoms with van der Waals surface area (Å²) in [6.07, 6.45) is 4.76. The minimum atomic E-state index is -0.764. The molecule has 0 amide bonds. The summed E-state index contributed by atoms with van der Waals surface area (Å²) >= 11 is 0. The fraction of sp³-hybridized carbons (Fsp3) is 0.613. The molecule has 3 fully saturated rings. The fourth-order valence-electron chi connectivity index (χ4n) is 8.43. The first kappa shape index (κ1) is 24.4. The Morgan fingerprint density at radius 3 is 2.68 bits per heavy atom. The second-order valence-corrected chi connectivity index (χ2v) is 13.2. The highest BCUT2D eigenvalue weighted by molar-refractivity contribution is 5.94. The second kappa shape index (κ2) is 7.72. The predicted molar refractivity (Wildman–Crippen MR) is 141 cm³/mol. The summed E-state index contributed by atoms with van der Waals surface area (Å²) in [6.45, 7) is 13.3. The van der Waals surface area contributed by atoms with Crippen molar-refractivity contribution in [1.82, 2.24) is 5.16 Å². The first-order valence-electron chi connectivity index (χ1n) is 13.8. The lowest BCUT2D eigenvalue weighted by Gasteiger charge is -2.47. The maximum atomic E-state index is 14.8. The van der Waals surface area contributed by atoms with E-state index in [1.165, 1.54) is 0 Å². The van der Waals surface area contributed by atoms with E-state index in [2.05, 4.69) is 45.0 Å². The highest BCUT2D eigenvalue weighted by atomic mass is 16.7. The van der Waals surface area contributed by atoms with Crippen molar-refractivity contribution in [3.05, 3.63) is 41.5 Å². The molecule has 8 atom stereocenters. The van der Waals surface area contributed by atoms with Gasteiger partial charge in [-0.15, -0.1) is 0 Å². The number of hydrogen-bond acceptors (Lipinski definition) is 7. The highest BCUT2D eigenvalue weighted by Gasteiger charge is 2.72. The minimum Gasteiger partial charge on any atom is -0.497 e. The first-order valence-corrected chi connectivity index (χ1v) is 13.8. The van der Waals surface area contributed by atoms with Gasteiger partial charge in [0.05, 0.1) is 30.6 Å². The van der Waals surface area contributed by atoms with Gasteiger partial charge in [-0.05, 0) is 84.9 Å². The van der Waals surface area contributed by atoms with Crippen molar-refractivity contribution in [2.45, 2.75) is 66.0 Å². The third-order valence-electron chi connectivity index (χ3n) is 10.4. The number of methoxy groups -OCH3 is 1. The number of hydrogen-bond donors (Lipinski definition) is 0. The molecule has 1 aromatic heterocycles. The maximum absolute atomic E-state index is 14.8. The quantitative estimate of drug-likeness (QED) is 0.479. The van der Waals surface area contributed by atoms with Crippen LogP contribution in [-0.4, -0.2) is 42.7 Å². The number of benzene rings is 1. The smallest absolute Gasteiger partial charge is 0.262 e. The van der Waals surface area contributed by atoms with Gasteiger partial charge in [0, 0.05) is 11.8 Å². The van der Waals surface area contributed by atoms with Crippen molar-refractivity contribution < 1.29 is 28.3 Å². The number of rotatable bonds is 3. The third kappa shape index (κ3) is 3.15. The number of nitrogens with zero attached hydrogens (tertiary/aromatic N) is 1. The molecule has 0 N–H and O–H groups in total. The Kier molecular flexibility index (Phi) is 4.96. The number of aromatic nitrogens is 1. The van der Waals surface area contributed by atoms with Gasteiger partial charge in [0.2, 0.25) is 0 Å². The van der Waals surface area contributed by atoms with E-state index < -0.39 is 17.3 Å². The van der Waals surface area contributed by atoms with Gasteiger partial charge in [-0.3, -0.25) is 4.79 Å². The molecule has 4 aliphatic carbocycles. The minimum absolute atomic E-state index is 0.143. The van der Waals surface area contributed by atoms with Crippen LogP contribution in [0, 0.1) is 40.4 Å². The SMILES string of the molecule is COc1ccc2onc(OC3C(C)=CC45C(=O)C(C=C6COC(C)(C)OC6C34)C3C(C[C@H]5C)C3(C)C)c2c1. The maximum Gasteiger partial charge on any atom is 0.262 e. The molecular formula is C31H37NO6. The monoisotopic (exact) mass is 519 g/mol. The predicted octanol–water partition coefficient (Wildman–Crippen LogP) is 5.74. The van der Waals surface area contributed by atoms with E-state index in [9.17, 15) is 4.79 Å². The molecule has 0 radical (unpaired) electrons. The van der Waals surface area contributed by atoms with E-state index in [1.54, 1.807) is 7.11 Å². The molecule has 7 rings (SSSR count). The van der Waals surface area contributed by atoms with E-state index >= 15 is 0 Å². The lowest BCUT2D eigenvalue weighted by atomic mass is 9.61. The van der Waals surface area contributed by atoms with E-state index in [0.717, 1.165) is 23.0 Å². The molecule has 2 heterocycles. The highest BCUT2D eigenvalue weighted by Crippen LogP contribution is 2.71. The van der Waals surface area contributed by atoms with Gasteiger partial charge in [-0.25, -0.2) is 0 Å². The van der Waals surface area contributed by atoms with Crippen LogP contribution in [0.4, 0.5) is 0 Å². The van der Waals surface area contributed by atoms with Crippen LogP contribution in [0.5, 0.6) is 11.6 Å². The molecule has 38 heavy (non-hydrogen) atoms. The number of fused-ring (bicyclic) bond motifs is 6. The van der Waals surface area contributed by atoms with E-state index in [0.29, 0.717) is 41.4 Å². The Labute approximate surface area is 223 Å². The van der Waals surface area contributed by atoms with Crippen LogP contribution in [0.2, 0.25) is 0 Å². The summed E-state index contributed by atoms with van der Waals surface area (Å²) in [5.41, 5.74) is 2.20. The van der Waals surface area contributed by atoms with Gasteiger partial charge >= 0.3 is 0 Å². The standard InChI is InChI=1S/C31H37NO6/c1-15-13-31-16(2)10-21-23(29(21,3)4)20(27(31)33)11-17-14-35-30(5,6)37-26(17)24(31)25(15)36-28-19-12-18(34-7)8-9-22(19)38-32-28/h8-9,11-13,16,20-21,23-26H,10,14H2,1-7H3/t16-,20?,21?,23?,24?,25?,26?,31?/m1/s1. The summed E-state index contributed by atoms with van der Waals surface area (Å²) in [4.78, 5) is 14.8. The van der Waals surface area contributed by atoms with Crippen molar-refractivity contribution in [3.8, 4) is 11.6 Å². The first-order chi connectivity index (χ1) is 18.0. The average molecular weight is 520 g/mol. The summed E-state index contributed by atoms with van der Waals surface area (Å²) in [7, 11) is 1.63. The summed E-state index contributed by atoms with van der Waals surface area (Å²) in [5, 5.41) is 5.04. The summed E-state index contributed by atoms with van der Waals surface area (Å²) in [5.74, 6) is 1.31. The summed E-state index contributed by atoms with van der Waals surface area (Å²) < 4.78 is 30.6. The summed E-state index contributed by atoms with van der Waals surface area (Å²) in [6, 6.07) is 5.55. The van der Waals surface area contributed by atoms with Crippen molar-refractivity contribution in [2.75, 3.05) is 13.7 Å². The van der Waals surface area contributed by atoms with Gasteiger partial charge in [0.25, 0.3) is 5.88 Å². The average Bonchev–Trinajstić information content (AvgIpc) is 3.14. The molecule has 7 nitrogen and oxygen atoms in total. The van der Waals surface area contributed by atoms with Crippen LogP contribution >= 0.6 is 0 Å². The lowest BCUT2D eigenvalue weighted by molar-refractivity contribution is -0.269. The van der Waals surface area contributed by atoms with Crippen LogP contribution < -0.4 is 9.47 Å². The zero-order chi connectivity index (χ0) is 26.8. The molecule has 7 unspecified atom stereocenters. The fourth-order valence-corrected chi connectivity index (χ4v) is 8.43. The number of carbonyl (C=O) groups excluding carboxylic acids is 1. The third-order valence-corrected chi connectivity index (χ3v) is 10.4. The molecule has 2 bridgehead atoms. The molecular weight excluding hydrogens is 482 g/mol. The zero-order valence-electron chi connectivity index (χ0n) is 23.2. The Balaban J connectivity index is 1.37. The van der Waals surface area contributed by atoms with E-state index in [1.807, 2.05) is 32.0 Å². The lowest BCUT2D eigenvalue weighted by Crippen LogP contribution is -2.55. The van der Waals surface area contributed by atoms with E-state index in [4.69, 9.17) is 23.5 Å². The van der Waals surface area contributed by atoms with Crippen molar-refractivity contribution in [3.63, 3.8) is 0 Å². The number of allylic oxidation sites excluding steroid dienone is 2. The topological polar surface area (TPSA) is 80.0 Å². The van der Waals surface area contributed by atoms with Crippen molar-refractivity contribution in [2.24, 2.45) is 40.4 Å². The van der Waals surface area contributed by atoms with E-state index in [-0.39, 0.29) is 29.3 Å². The number of Topliss-reactive ketones (excluding diaryl/α,β-unsaturated/α-hetero) is 1. The molecule has 1 spiro atoms. The van der Waals surface area contributed by atoms with Crippen molar-refractivity contribution in [1.29, 1.82) is 0 Å². The normalized spacial score (nSPS) is 40.2. The second-order valence-electron chi connectivity index (χ2n) is 13.2. The van der Waals surface area contributed by atoms with Crippen molar-refractivity contribution >= 4 is 16.8 Å². The Morgan fingerprint density at radius 1 is 1.13 bits per heavy atom. The Morgan fingerprint density at radius 2 is 1.92 bits per heavy atom. The molecule has 1 saturated heterocycles. The molecule has 2 saturated carbocycles. The van der Waals surface area contributed by atoms with Gasteiger partial charge in [0.1, 0.15) is 11.9 Å². The van der Waals surface area contributed by atoms with Gasteiger partial charge in [-0.2, -0.15) is 0 Å². The Bertz CT molecular complexity index is 1400. The van der Waals surface area contributed by atoms with Crippen LogP contribution in [0.25, 0.3) is 11.0 Å². The largest absolute Gasteiger partial charge is 0.497 e. The number of carbonyl (C=O) groups is 1. The molecule has 7 heteroatoms. The zero-order valence-corrected chi connectivity index (χ0v) is 23.2. The molecule has 2 aromatic rings. The van der Waals surface area contributed by atoms with Crippen LogP contribution in [0.3, 0.4) is 0 Å². The van der Waals surface area contributed by atoms with Crippen LogP contribution in [0.15, 0.2) is 46.0 Å². The molecule has 1 aromatic carbocycles. The van der Waals surface area contributed by atoms with Gasteiger partial charge in [0.15, 0.2) is 17.2 Å². The van der Waals surface area contributed by atoms with Crippen LogP contribution in [-0.2, 0) is 14.3 Å². The molecule has 1 aliphatic heterocycles. The van der Waals surface area contributed by atoms with Gasteiger partial charge in [-0.1, -0.05) is 32.9 Å². The number of ether oxygens (including phenoxy) is 4. The van der Waals surface area contributed by atoms with Gasteiger partial charge < -0.3 is 23.5 Å². The Hall–Kier alpha value is -2.64.